The Bertz CT molecular complexity index is 153. The summed E-state index contributed by atoms with van der Waals surface area (Å²) < 4.78 is 24.3. The summed E-state index contributed by atoms with van der Waals surface area (Å²) in [6, 6.07) is -0.178. The fraction of sp³-hybridized carbons (Fsp3) is 1.00. The van der Waals surface area contributed by atoms with E-state index in [9.17, 15) is 8.78 Å². The number of nitrogens with two attached hydrogens (primary N) is 1. The Morgan fingerprint density at radius 2 is 1.60 bits per heavy atom. The van der Waals surface area contributed by atoms with Crippen molar-refractivity contribution in [1.82, 2.24) is 5.32 Å². The third kappa shape index (κ3) is 6.51. The van der Waals surface area contributed by atoms with Crippen LogP contribution in [0.25, 0.3) is 0 Å². The monoisotopic (exact) mass is 264 g/mol. The molecule has 0 saturated heterocycles. The van der Waals surface area contributed by atoms with Gasteiger partial charge in [-0.05, 0) is 32.6 Å². The molecule has 0 amide bonds. The highest BCUT2D eigenvalue weighted by atomic mass is 35.5. The largest absolute Gasteiger partial charge is 0.328 e. The molecule has 1 saturated carbocycles. The smallest absolute Gasteiger partial charge is 0.253 e. The molecule has 0 unspecified atom stereocenters. The molecule has 0 aromatic rings. The van der Waals surface area contributed by atoms with E-state index in [1.165, 1.54) is 6.92 Å². The van der Waals surface area contributed by atoms with Crippen molar-refractivity contribution >= 4 is 24.8 Å². The summed E-state index contributed by atoms with van der Waals surface area (Å²) >= 11 is 0. The molecule has 0 aliphatic heterocycles. The van der Waals surface area contributed by atoms with Crippen LogP contribution >= 0.6 is 24.8 Å². The van der Waals surface area contributed by atoms with E-state index in [-0.39, 0.29) is 36.9 Å². The number of rotatable bonds is 3. The first-order chi connectivity index (χ1) is 6.09. The molecule has 1 rings (SSSR count). The molecule has 0 bridgehead atoms. The third-order valence-electron chi connectivity index (χ3n) is 2.65. The van der Waals surface area contributed by atoms with Gasteiger partial charge in [0.2, 0.25) is 0 Å². The molecule has 0 aromatic heterocycles. The minimum atomic E-state index is -2.27. The highest BCUT2D eigenvalue weighted by Crippen LogP contribution is 2.18. The lowest BCUT2D eigenvalue weighted by atomic mass is 9.91. The van der Waals surface area contributed by atoms with Crippen molar-refractivity contribution in [3.8, 4) is 0 Å². The zero-order valence-corrected chi connectivity index (χ0v) is 10.4. The summed E-state index contributed by atoms with van der Waals surface area (Å²) in [5.41, 5.74) is 5.71. The van der Waals surface area contributed by atoms with Crippen LogP contribution in [0.1, 0.15) is 32.6 Å². The van der Waals surface area contributed by atoms with E-state index in [1.807, 2.05) is 0 Å². The maximum Gasteiger partial charge on any atom is 0.253 e. The maximum absolute atomic E-state index is 12.2. The van der Waals surface area contributed by atoms with E-state index in [4.69, 9.17) is 5.73 Å². The SMILES string of the molecule is C[C@H](NC1CCC(N)CC1)C(F)F.Cl.Cl. The second kappa shape index (κ2) is 8.50. The molecule has 1 aliphatic carbocycles. The lowest BCUT2D eigenvalue weighted by molar-refractivity contribution is 0.0957. The minimum absolute atomic E-state index is 0. The average molecular weight is 265 g/mol. The van der Waals surface area contributed by atoms with Gasteiger partial charge in [-0.25, -0.2) is 8.78 Å². The number of hydrogen-bond acceptors (Lipinski definition) is 2. The zero-order chi connectivity index (χ0) is 9.84. The molecule has 0 heterocycles. The van der Waals surface area contributed by atoms with Crippen molar-refractivity contribution in [3.05, 3.63) is 0 Å². The molecular formula is C9H20Cl2F2N2. The van der Waals surface area contributed by atoms with Crippen molar-refractivity contribution < 1.29 is 8.78 Å². The van der Waals surface area contributed by atoms with E-state index in [2.05, 4.69) is 5.32 Å². The Labute approximate surface area is 102 Å². The van der Waals surface area contributed by atoms with Gasteiger partial charge in [0.05, 0.1) is 6.04 Å². The molecule has 1 aliphatic rings. The molecule has 3 N–H and O–H groups in total. The summed E-state index contributed by atoms with van der Waals surface area (Å²) in [5, 5.41) is 2.93. The van der Waals surface area contributed by atoms with E-state index >= 15 is 0 Å². The molecular weight excluding hydrogens is 245 g/mol. The second-order valence-corrected chi connectivity index (χ2v) is 3.90. The molecule has 6 heteroatoms. The second-order valence-electron chi connectivity index (χ2n) is 3.90. The lowest BCUT2D eigenvalue weighted by Crippen LogP contribution is -2.44. The number of nitrogens with one attached hydrogen (secondary N) is 1. The van der Waals surface area contributed by atoms with Gasteiger partial charge in [-0.2, -0.15) is 0 Å². The van der Waals surface area contributed by atoms with Gasteiger partial charge in [0, 0.05) is 12.1 Å². The summed E-state index contributed by atoms with van der Waals surface area (Å²) in [6.07, 6.45) is 1.49. The van der Waals surface area contributed by atoms with E-state index < -0.39 is 12.5 Å². The van der Waals surface area contributed by atoms with Crippen LogP contribution in [-0.4, -0.2) is 24.6 Å². The Morgan fingerprint density at radius 3 is 2.00 bits per heavy atom. The summed E-state index contributed by atoms with van der Waals surface area (Å²) in [5.74, 6) is 0. The normalized spacial score (nSPS) is 27.8. The van der Waals surface area contributed by atoms with Crippen LogP contribution in [0.5, 0.6) is 0 Å². The van der Waals surface area contributed by atoms with Crippen LogP contribution in [0, 0.1) is 0 Å². The molecule has 94 valence electrons. The molecule has 0 radical (unpaired) electrons. The average Bonchev–Trinajstić information content (AvgIpc) is 2.08. The first-order valence-corrected chi connectivity index (χ1v) is 4.89. The predicted molar refractivity (Wildman–Crippen MR) is 63.3 cm³/mol. The van der Waals surface area contributed by atoms with Crippen LogP contribution in [0.15, 0.2) is 0 Å². The third-order valence-corrected chi connectivity index (χ3v) is 2.65. The van der Waals surface area contributed by atoms with Gasteiger partial charge in [0.15, 0.2) is 0 Å². The van der Waals surface area contributed by atoms with Crippen LogP contribution in [0.4, 0.5) is 8.78 Å². The van der Waals surface area contributed by atoms with Crippen LogP contribution < -0.4 is 11.1 Å². The van der Waals surface area contributed by atoms with Crippen LogP contribution in [0.2, 0.25) is 0 Å². The standard InChI is InChI=1S/C9H18F2N2.2ClH/c1-6(9(10)11)13-8-4-2-7(12)3-5-8;;/h6-9,13H,2-5,12H2,1H3;2*1H/t6-,7?,8?;;/m0../s1. The minimum Gasteiger partial charge on any atom is -0.328 e. The molecule has 15 heavy (non-hydrogen) atoms. The Hall–Kier alpha value is 0.360. The quantitative estimate of drug-likeness (QED) is 0.822. The Balaban J connectivity index is 0. The fourth-order valence-corrected chi connectivity index (χ4v) is 1.73. The highest BCUT2D eigenvalue weighted by molar-refractivity contribution is 5.85. The van der Waals surface area contributed by atoms with E-state index in [1.54, 1.807) is 0 Å². The summed E-state index contributed by atoms with van der Waals surface area (Å²) in [7, 11) is 0. The van der Waals surface area contributed by atoms with E-state index in [0.717, 1.165) is 25.7 Å². The van der Waals surface area contributed by atoms with Crippen LogP contribution in [0.3, 0.4) is 0 Å². The van der Waals surface area contributed by atoms with Crippen molar-refractivity contribution in [2.75, 3.05) is 0 Å². The number of halogens is 4. The van der Waals surface area contributed by atoms with Gasteiger partial charge < -0.3 is 11.1 Å². The van der Waals surface area contributed by atoms with Crippen LogP contribution in [-0.2, 0) is 0 Å². The van der Waals surface area contributed by atoms with Gasteiger partial charge in [0.25, 0.3) is 6.43 Å². The van der Waals surface area contributed by atoms with Crippen molar-refractivity contribution in [1.29, 1.82) is 0 Å². The van der Waals surface area contributed by atoms with Crippen molar-refractivity contribution in [2.24, 2.45) is 5.73 Å². The van der Waals surface area contributed by atoms with Gasteiger partial charge in [0.1, 0.15) is 0 Å². The van der Waals surface area contributed by atoms with Crippen molar-refractivity contribution in [3.63, 3.8) is 0 Å². The van der Waals surface area contributed by atoms with Crippen molar-refractivity contribution in [2.45, 2.75) is 57.2 Å². The Kier molecular flexibility index (Phi) is 10.1. The maximum atomic E-state index is 12.2. The molecule has 2 nitrogen and oxygen atoms in total. The summed E-state index contributed by atoms with van der Waals surface area (Å²) in [6.45, 7) is 1.53. The number of hydrogen-bond donors (Lipinski definition) is 2. The first kappa shape index (κ1) is 17.7. The molecule has 1 fully saturated rings. The molecule has 0 aromatic carbocycles. The molecule has 0 spiro atoms. The first-order valence-electron chi connectivity index (χ1n) is 4.89. The number of alkyl halides is 2. The topological polar surface area (TPSA) is 38.0 Å². The zero-order valence-electron chi connectivity index (χ0n) is 8.79. The van der Waals surface area contributed by atoms with Gasteiger partial charge in [-0.1, -0.05) is 0 Å². The van der Waals surface area contributed by atoms with Gasteiger partial charge in [-0.3, -0.25) is 0 Å². The van der Waals surface area contributed by atoms with Gasteiger partial charge >= 0.3 is 0 Å². The lowest BCUT2D eigenvalue weighted by Gasteiger charge is -2.29. The highest BCUT2D eigenvalue weighted by Gasteiger charge is 2.22. The fourth-order valence-electron chi connectivity index (χ4n) is 1.73. The molecule has 1 atom stereocenters. The van der Waals surface area contributed by atoms with Gasteiger partial charge in [-0.15, -0.1) is 24.8 Å². The Morgan fingerprint density at radius 1 is 1.13 bits per heavy atom. The van der Waals surface area contributed by atoms with E-state index in [0.29, 0.717) is 0 Å². The predicted octanol–water partition coefficient (Wildman–Crippen LogP) is 2.34. The summed E-state index contributed by atoms with van der Waals surface area (Å²) in [4.78, 5) is 0.